The van der Waals surface area contributed by atoms with Crippen molar-refractivity contribution >= 4 is 39.5 Å². The summed E-state index contributed by atoms with van der Waals surface area (Å²) < 4.78 is 68.0. The molecule has 0 saturated heterocycles. The zero-order chi connectivity index (χ0) is 62.8. The van der Waals surface area contributed by atoms with Crippen LogP contribution in [-0.2, 0) is 65.4 Å². The first-order chi connectivity index (χ1) is 41.0. The molecule has 0 radical (unpaired) electrons. The predicted molar refractivity (Wildman–Crippen MR) is 340 cm³/mol. The Labute approximate surface area is 517 Å². The van der Waals surface area contributed by atoms with E-state index in [0.717, 1.165) is 95.8 Å². The number of aliphatic hydroxyl groups excluding tert-OH is 1. The van der Waals surface area contributed by atoms with E-state index in [1.54, 1.807) is 0 Å². The average Bonchev–Trinajstić information content (AvgIpc) is 3.60. The number of rotatable bonds is 66. The Morgan fingerprint density at radius 3 is 0.800 bits per heavy atom. The monoisotopic (exact) mass is 1250 g/mol. The topological polar surface area (TPSA) is 237 Å². The SMILES string of the molecule is CCCCCCCCCCCC(=O)OC[C@H](COP(=O)(O)OC[C@H](O)COP(=O)(O)OC[C@@H](COC(=O)CCCCCCCCCCC)OC(=O)CCCCCCCCCCCCCCCCCC(C)C)OC(=O)CCCCCCCCCCC. The van der Waals surface area contributed by atoms with Crippen molar-refractivity contribution in [2.45, 2.75) is 355 Å². The highest BCUT2D eigenvalue weighted by Gasteiger charge is 2.30. The van der Waals surface area contributed by atoms with Gasteiger partial charge in [0.1, 0.15) is 19.3 Å². The fourth-order valence-corrected chi connectivity index (χ4v) is 11.5. The lowest BCUT2D eigenvalue weighted by Crippen LogP contribution is -2.30. The molecule has 0 aliphatic carbocycles. The third-order valence-electron chi connectivity index (χ3n) is 15.3. The highest BCUT2D eigenvalue weighted by Crippen LogP contribution is 2.45. The van der Waals surface area contributed by atoms with Gasteiger partial charge in [-0.3, -0.25) is 37.3 Å². The second-order valence-electron chi connectivity index (χ2n) is 24.3. The number of esters is 4. The summed E-state index contributed by atoms with van der Waals surface area (Å²) in [6.07, 6.45) is 44.5. The van der Waals surface area contributed by atoms with E-state index in [9.17, 15) is 43.2 Å². The van der Waals surface area contributed by atoms with Gasteiger partial charge in [-0.15, -0.1) is 0 Å². The summed E-state index contributed by atoms with van der Waals surface area (Å²) >= 11 is 0. The van der Waals surface area contributed by atoms with Crippen molar-refractivity contribution in [3.8, 4) is 0 Å². The van der Waals surface area contributed by atoms with Crippen molar-refractivity contribution < 1.29 is 80.2 Å². The number of hydrogen-bond donors (Lipinski definition) is 3. The molecule has 0 aromatic carbocycles. The van der Waals surface area contributed by atoms with E-state index in [2.05, 4.69) is 34.6 Å². The average molecular weight is 1260 g/mol. The highest BCUT2D eigenvalue weighted by atomic mass is 31.2. The Balaban J connectivity index is 5.16. The fourth-order valence-electron chi connectivity index (χ4n) is 9.94. The minimum absolute atomic E-state index is 0.106. The van der Waals surface area contributed by atoms with Gasteiger partial charge in [0.05, 0.1) is 26.4 Å². The molecule has 0 bridgehead atoms. The molecule has 504 valence electrons. The van der Waals surface area contributed by atoms with Gasteiger partial charge in [0.15, 0.2) is 12.2 Å². The second-order valence-corrected chi connectivity index (χ2v) is 27.2. The molecule has 3 N–H and O–H groups in total. The molecule has 0 aromatic rings. The Morgan fingerprint density at radius 1 is 0.318 bits per heavy atom. The zero-order valence-corrected chi connectivity index (χ0v) is 56.5. The van der Waals surface area contributed by atoms with Gasteiger partial charge in [0.2, 0.25) is 0 Å². The molecule has 5 atom stereocenters. The van der Waals surface area contributed by atoms with E-state index in [-0.39, 0.29) is 25.7 Å². The number of phosphoric acid groups is 2. The third-order valence-corrected chi connectivity index (χ3v) is 17.2. The van der Waals surface area contributed by atoms with E-state index < -0.39 is 97.5 Å². The second kappa shape index (κ2) is 59.7. The molecule has 19 heteroatoms. The lowest BCUT2D eigenvalue weighted by Gasteiger charge is -2.21. The van der Waals surface area contributed by atoms with Gasteiger partial charge in [-0.25, -0.2) is 9.13 Å². The molecule has 0 spiro atoms. The third kappa shape index (κ3) is 60.7. The molecule has 0 aromatic heterocycles. The van der Waals surface area contributed by atoms with Gasteiger partial charge in [-0.2, -0.15) is 0 Å². The molecule has 0 fully saturated rings. The van der Waals surface area contributed by atoms with Crippen molar-refractivity contribution in [1.82, 2.24) is 0 Å². The summed E-state index contributed by atoms with van der Waals surface area (Å²) in [5.74, 6) is -1.33. The molecular weight excluding hydrogens is 1130 g/mol. The molecule has 0 heterocycles. The van der Waals surface area contributed by atoms with E-state index in [0.29, 0.717) is 25.7 Å². The van der Waals surface area contributed by atoms with E-state index in [1.807, 2.05) is 0 Å². The molecule has 0 rings (SSSR count). The first kappa shape index (κ1) is 83.1. The Kier molecular flexibility index (Phi) is 58.3. The van der Waals surface area contributed by atoms with Crippen LogP contribution in [0.5, 0.6) is 0 Å². The van der Waals surface area contributed by atoms with Crippen LogP contribution in [0.2, 0.25) is 0 Å². The summed E-state index contributed by atoms with van der Waals surface area (Å²) in [6, 6.07) is 0. The maximum atomic E-state index is 13.0. The Hall–Kier alpha value is -1.94. The lowest BCUT2D eigenvalue weighted by molar-refractivity contribution is -0.161. The molecule has 0 saturated carbocycles. The Bertz CT molecular complexity index is 1650. The molecule has 0 aliphatic heterocycles. The van der Waals surface area contributed by atoms with Crippen LogP contribution in [0.1, 0.15) is 336 Å². The van der Waals surface area contributed by atoms with E-state index in [4.69, 9.17) is 37.0 Å². The van der Waals surface area contributed by atoms with Crippen LogP contribution in [0, 0.1) is 5.92 Å². The molecule has 17 nitrogen and oxygen atoms in total. The van der Waals surface area contributed by atoms with Crippen LogP contribution < -0.4 is 0 Å². The van der Waals surface area contributed by atoms with Crippen LogP contribution in [0.15, 0.2) is 0 Å². The number of ether oxygens (including phenoxy) is 4. The quantitative estimate of drug-likeness (QED) is 0.0222. The van der Waals surface area contributed by atoms with Gasteiger partial charge in [-0.05, 0) is 31.6 Å². The van der Waals surface area contributed by atoms with Gasteiger partial charge < -0.3 is 33.8 Å². The standard InChI is InChI=1S/C66H128O17P2/c1-6-9-12-15-18-28-34-39-44-49-63(68)76-55-61(82-65(70)51-46-41-36-30-20-17-14-11-8-3)57-80-84(72,73)78-53-60(67)54-79-85(74,75)81-58-62(56-77-64(69)50-45-40-35-29-19-16-13-10-7-2)83-66(71)52-47-42-37-32-27-25-23-21-22-24-26-31-33-38-43-48-59(4)5/h59-62,67H,6-58H2,1-5H3,(H,72,73)(H,74,75)/t60-,61+,62+/m0/s1. The summed E-state index contributed by atoms with van der Waals surface area (Å²) in [4.78, 5) is 72.2. The number of phosphoric ester groups is 2. The summed E-state index contributed by atoms with van der Waals surface area (Å²) in [7, 11) is -9.88. The minimum Gasteiger partial charge on any atom is -0.462 e. The van der Waals surface area contributed by atoms with Crippen LogP contribution in [0.25, 0.3) is 0 Å². The minimum atomic E-state index is -4.94. The maximum Gasteiger partial charge on any atom is 0.472 e. The first-order valence-corrected chi connectivity index (χ1v) is 37.6. The van der Waals surface area contributed by atoms with Crippen molar-refractivity contribution in [1.29, 1.82) is 0 Å². The van der Waals surface area contributed by atoms with E-state index >= 15 is 0 Å². The van der Waals surface area contributed by atoms with Crippen molar-refractivity contribution in [2.24, 2.45) is 5.92 Å². The fraction of sp³-hybridized carbons (Fsp3) is 0.939. The highest BCUT2D eigenvalue weighted by molar-refractivity contribution is 7.47. The number of carbonyl (C=O) groups excluding carboxylic acids is 4. The molecular formula is C66H128O17P2. The van der Waals surface area contributed by atoms with Crippen LogP contribution >= 0.6 is 15.6 Å². The zero-order valence-electron chi connectivity index (χ0n) is 54.7. The smallest absolute Gasteiger partial charge is 0.462 e. The maximum absolute atomic E-state index is 13.0. The van der Waals surface area contributed by atoms with Gasteiger partial charge in [-0.1, -0.05) is 285 Å². The number of aliphatic hydroxyl groups is 1. The summed E-state index contributed by atoms with van der Waals surface area (Å²) in [5, 5.41) is 10.5. The lowest BCUT2D eigenvalue weighted by atomic mass is 10.0. The summed E-state index contributed by atoms with van der Waals surface area (Å²) in [6.45, 7) is 7.19. The van der Waals surface area contributed by atoms with Crippen molar-refractivity contribution in [3.63, 3.8) is 0 Å². The Morgan fingerprint density at radius 2 is 0.541 bits per heavy atom. The molecule has 0 amide bonds. The number of hydrogen-bond acceptors (Lipinski definition) is 15. The van der Waals surface area contributed by atoms with Crippen LogP contribution in [-0.4, -0.2) is 96.7 Å². The number of carbonyl (C=O) groups is 4. The van der Waals surface area contributed by atoms with Crippen LogP contribution in [0.3, 0.4) is 0 Å². The van der Waals surface area contributed by atoms with Crippen LogP contribution in [0.4, 0.5) is 0 Å². The van der Waals surface area contributed by atoms with Gasteiger partial charge in [0.25, 0.3) is 0 Å². The number of unbranched alkanes of at least 4 members (excludes halogenated alkanes) is 38. The van der Waals surface area contributed by atoms with E-state index in [1.165, 1.54) is 161 Å². The predicted octanol–water partition coefficient (Wildman–Crippen LogP) is 18.6. The largest absolute Gasteiger partial charge is 0.472 e. The molecule has 2 unspecified atom stereocenters. The molecule has 0 aliphatic rings. The summed E-state index contributed by atoms with van der Waals surface area (Å²) in [5.41, 5.74) is 0. The molecule has 85 heavy (non-hydrogen) atoms. The normalized spacial score (nSPS) is 14.2. The first-order valence-electron chi connectivity index (χ1n) is 34.6. The van der Waals surface area contributed by atoms with Gasteiger partial charge >= 0.3 is 39.5 Å². The van der Waals surface area contributed by atoms with Crippen molar-refractivity contribution in [2.75, 3.05) is 39.6 Å². The van der Waals surface area contributed by atoms with Gasteiger partial charge in [0, 0.05) is 25.7 Å². The van der Waals surface area contributed by atoms with Crippen molar-refractivity contribution in [3.05, 3.63) is 0 Å².